The minimum Gasteiger partial charge on any atom is -0.481 e. The van der Waals surface area contributed by atoms with Gasteiger partial charge in [-0.1, -0.05) is 45.4 Å². The minimum absolute atomic E-state index is 0.0260. The van der Waals surface area contributed by atoms with Crippen LogP contribution in [0.3, 0.4) is 0 Å². The zero-order valence-corrected chi connectivity index (χ0v) is 22.8. The molecule has 0 saturated carbocycles. The van der Waals surface area contributed by atoms with E-state index in [1.165, 1.54) is 0 Å². The molecule has 6 nitrogen and oxygen atoms in total. The highest BCUT2D eigenvalue weighted by atomic mass is 16.7. The number of esters is 1. The van der Waals surface area contributed by atoms with Crippen LogP contribution in [-0.4, -0.2) is 42.1 Å². The van der Waals surface area contributed by atoms with Crippen molar-refractivity contribution < 1.29 is 28.9 Å². The van der Waals surface area contributed by atoms with Gasteiger partial charge in [0.05, 0.1) is 23.0 Å². The van der Waals surface area contributed by atoms with Crippen LogP contribution < -0.4 is 0 Å². The van der Waals surface area contributed by atoms with Gasteiger partial charge in [-0.05, 0) is 86.0 Å². The van der Waals surface area contributed by atoms with Crippen molar-refractivity contribution in [2.24, 2.45) is 10.8 Å². The lowest BCUT2D eigenvalue weighted by atomic mass is 9.86. The smallest absolute Gasteiger partial charge is 0.311 e. The molecule has 34 heavy (non-hydrogen) atoms. The van der Waals surface area contributed by atoms with Crippen LogP contribution in [0.15, 0.2) is 0 Å². The third kappa shape index (κ3) is 12.5. The molecule has 0 aromatic carbocycles. The molecule has 0 bridgehead atoms. The molecule has 0 radical (unpaired) electrons. The number of aliphatic carboxylic acids is 1. The summed E-state index contributed by atoms with van der Waals surface area (Å²) in [5.41, 5.74) is -1.10. The quantitative estimate of drug-likeness (QED) is 0.163. The first-order valence-electron chi connectivity index (χ1n) is 13.7. The second-order valence-corrected chi connectivity index (χ2v) is 11.4. The molecule has 0 amide bonds. The molecule has 1 N–H and O–H groups in total. The summed E-state index contributed by atoms with van der Waals surface area (Å²) in [5, 5.41) is 9.28. The highest BCUT2D eigenvalue weighted by Crippen LogP contribution is 2.28. The second-order valence-electron chi connectivity index (χ2n) is 11.4. The fraction of sp³-hybridized carbons (Fsp3) is 0.929. The molecule has 1 saturated heterocycles. The van der Waals surface area contributed by atoms with Crippen molar-refractivity contribution in [1.82, 2.24) is 0 Å². The van der Waals surface area contributed by atoms with Gasteiger partial charge < -0.3 is 19.3 Å². The molecule has 0 aromatic heterocycles. The van der Waals surface area contributed by atoms with Crippen molar-refractivity contribution >= 4 is 11.9 Å². The van der Waals surface area contributed by atoms with Crippen LogP contribution in [0, 0.1) is 10.8 Å². The lowest BCUT2D eigenvalue weighted by Gasteiger charge is -2.28. The van der Waals surface area contributed by atoms with E-state index in [0.717, 1.165) is 90.1 Å². The summed E-state index contributed by atoms with van der Waals surface area (Å²) in [6, 6.07) is 0. The second kappa shape index (κ2) is 15.8. The van der Waals surface area contributed by atoms with Gasteiger partial charge in [0.2, 0.25) is 0 Å². The molecule has 6 heteroatoms. The van der Waals surface area contributed by atoms with E-state index < -0.39 is 16.8 Å². The summed E-state index contributed by atoms with van der Waals surface area (Å²) >= 11 is 0. The average molecular weight is 485 g/mol. The summed E-state index contributed by atoms with van der Waals surface area (Å²) in [4.78, 5) is 23.7. The molecule has 1 rings (SSSR count). The highest BCUT2D eigenvalue weighted by Gasteiger charge is 2.30. The summed E-state index contributed by atoms with van der Waals surface area (Å²) in [6.45, 7) is 12.3. The Kier molecular flexibility index (Phi) is 14.3. The number of unbranched alkanes of at least 4 members (excludes halogenated alkanes) is 4. The number of rotatable bonds is 18. The monoisotopic (exact) mass is 484 g/mol. The number of hydrogen-bond donors (Lipinski definition) is 1. The van der Waals surface area contributed by atoms with Gasteiger partial charge >= 0.3 is 11.9 Å². The van der Waals surface area contributed by atoms with Crippen molar-refractivity contribution in [1.29, 1.82) is 0 Å². The van der Waals surface area contributed by atoms with Gasteiger partial charge in [0.15, 0.2) is 6.29 Å². The molecule has 1 aliphatic rings. The average Bonchev–Trinajstić information content (AvgIpc) is 2.78. The van der Waals surface area contributed by atoms with E-state index >= 15 is 0 Å². The fourth-order valence-corrected chi connectivity index (χ4v) is 4.18. The molecule has 0 aromatic rings. The Hall–Kier alpha value is -1.14. The van der Waals surface area contributed by atoms with E-state index in [9.17, 15) is 14.7 Å². The van der Waals surface area contributed by atoms with Gasteiger partial charge in [-0.3, -0.25) is 9.59 Å². The van der Waals surface area contributed by atoms with Crippen molar-refractivity contribution in [2.45, 2.75) is 150 Å². The van der Waals surface area contributed by atoms with E-state index in [-0.39, 0.29) is 24.5 Å². The van der Waals surface area contributed by atoms with Crippen LogP contribution in [0.25, 0.3) is 0 Å². The number of carbonyl (C=O) groups excluding carboxylic acids is 1. The topological polar surface area (TPSA) is 82.1 Å². The van der Waals surface area contributed by atoms with E-state index in [1.807, 2.05) is 27.7 Å². The number of carboxylic acids is 1. The van der Waals surface area contributed by atoms with Crippen LogP contribution in [0.1, 0.15) is 131 Å². The Morgan fingerprint density at radius 3 is 2.03 bits per heavy atom. The van der Waals surface area contributed by atoms with Gasteiger partial charge in [0, 0.05) is 6.61 Å². The fourth-order valence-electron chi connectivity index (χ4n) is 4.18. The van der Waals surface area contributed by atoms with Gasteiger partial charge in [0.1, 0.15) is 0 Å². The standard InChI is InChI=1S/C28H52O6/c1-7-22(2)33-26(31)28(5,6)20-14-9-11-17-23(34-24-18-12-15-21-32-24)16-10-8-13-19-27(3,4)25(29)30/h22-24H,7-21H2,1-6H3,(H,29,30). The summed E-state index contributed by atoms with van der Waals surface area (Å²) < 4.78 is 17.7. The van der Waals surface area contributed by atoms with Crippen LogP contribution in [-0.2, 0) is 23.8 Å². The maximum atomic E-state index is 12.4. The Labute approximate surface area is 208 Å². The lowest BCUT2D eigenvalue weighted by molar-refractivity contribution is -0.191. The predicted molar refractivity (Wildman–Crippen MR) is 136 cm³/mol. The van der Waals surface area contributed by atoms with Gasteiger partial charge in [-0.2, -0.15) is 0 Å². The van der Waals surface area contributed by atoms with E-state index in [0.29, 0.717) is 6.42 Å². The maximum Gasteiger partial charge on any atom is 0.311 e. The molecule has 3 atom stereocenters. The Bertz CT molecular complexity index is 579. The molecular formula is C28H52O6. The molecule has 1 fully saturated rings. The summed E-state index contributed by atoms with van der Waals surface area (Å²) in [5.74, 6) is -0.817. The molecule has 200 valence electrons. The van der Waals surface area contributed by atoms with Gasteiger partial charge in [-0.25, -0.2) is 0 Å². The normalized spacial score (nSPS) is 18.9. The van der Waals surface area contributed by atoms with Crippen LogP contribution in [0.4, 0.5) is 0 Å². The first kappa shape index (κ1) is 30.9. The van der Waals surface area contributed by atoms with Crippen LogP contribution in [0.2, 0.25) is 0 Å². The summed E-state index contributed by atoms with van der Waals surface area (Å²) in [7, 11) is 0. The van der Waals surface area contributed by atoms with Crippen LogP contribution in [0.5, 0.6) is 0 Å². The number of hydrogen-bond acceptors (Lipinski definition) is 5. The van der Waals surface area contributed by atoms with Crippen LogP contribution >= 0.6 is 0 Å². The number of carboxylic acid groups (broad SMARTS) is 1. The molecule has 0 aliphatic carbocycles. The van der Waals surface area contributed by atoms with Crippen molar-refractivity contribution in [3.8, 4) is 0 Å². The third-order valence-electron chi connectivity index (χ3n) is 7.15. The zero-order chi connectivity index (χ0) is 25.6. The minimum atomic E-state index is -0.723. The SMILES string of the molecule is CCC(C)OC(=O)C(C)(C)CCCCCC(CCCCCC(C)(C)C(=O)O)OC1CCCCO1. The zero-order valence-electron chi connectivity index (χ0n) is 22.8. The van der Waals surface area contributed by atoms with Gasteiger partial charge in [-0.15, -0.1) is 0 Å². The van der Waals surface area contributed by atoms with E-state index in [2.05, 4.69) is 0 Å². The molecule has 0 spiro atoms. The first-order chi connectivity index (χ1) is 16.0. The molecule has 1 aliphatic heterocycles. The van der Waals surface area contributed by atoms with Crippen molar-refractivity contribution in [2.75, 3.05) is 6.61 Å². The Morgan fingerprint density at radius 1 is 0.941 bits per heavy atom. The largest absolute Gasteiger partial charge is 0.481 e. The van der Waals surface area contributed by atoms with E-state index in [4.69, 9.17) is 14.2 Å². The number of ether oxygens (including phenoxy) is 3. The third-order valence-corrected chi connectivity index (χ3v) is 7.15. The van der Waals surface area contributed by atoms with Crippen molar-refractivity contribution in [3.05, 3.63) is 0 Å². The lowest BCUT2D eigenvalue weighted by Crippen LogP contribution is -2.29. The number of carbonyl (C=O) groups is 2. The maximum absolute atomic E-state index is 12.4. The van der Waals surface area contributed by atoms with Crippen molar-refractivity contribution in [3.63, 3.8) is 0 Å². The first-order valence-corrected chi connectivity index (χ1v) is 13.7. The Balaban J connectivity index is 2.39. The Morgan fingerprint density at radius 2 is 1.53 bits per heavy atom. The van der Waals surface area contributed by atoms with E-state index in [1.54, 1.807) is 13.8 Å². The molecular weight excluding hydrogens is 432 g/mol. The molecule has 3 unspecified atom stereocenters. The van der Waals surface area contributed by atoms with Gasteiger partial charge in [0.25, 0.3) is 0 Å². The predicted octanol–water partition coefficient (Wildman–Crippen LogP) is 7.28. The highest BCUT2D eigenvalue weighted by molar-refractivity contribution is 5.76. The molecule has 1 heterocycles. The summed E-state index contributed by atoms with van der Waals surface area (Å²) in [6.07, 6.45) is 13.8.